The molecule has 2 heteroatoms. The van der Waals surface area contributed by atoms with Crippen LogP contribution >= 0.6 is 0 Å². The molecular formula is C56H36N2. The summed E-state index contributed by atoms with van der Waals surface area (Å²) < 4.78 is 4.90. The lowest BCUT2D eigenvalue weighted by Crippen LogP contribution is -1.95. The van der Waals surface area contributed by atoms with E-state index in [2.05, 4.69) is 228 Å². The van der Waals surface area contributed by atoms with E-state index in [4.69, 9.17) is 0 Å². The fraction of sp³-hybridized carbons (Fsp3) is 0. The van der Waals surface area contributed by atoms with Crippen LogP contribution in [0.25, 0.3) is 110 Å². The number of hydrogen-bond donors (Lipinski definition) is 0. The van der Waals surface area contributed by atoms with Gasteiger partial charge in [0, 0.05) is 43.7 Å². The molecule has 0 saturated heterocycles. The quantitative estimate of drug-likeness (QED) is 0.167. The molecule has 0 radical (unpaired) electrons. The average Bonchev–Trinajstić information content (AvgIpc) is 3.82. The second-order valence-corrected chi connectivity index (χ2v) is 15.3. The molecule has 0 aliphatic heterocycles. The highest BCUT2D eigenvalue weighted by atomic mass is 15.0. The monoisotopic (exact) mass is 736 g/mol. The summed E-state index contributed by atoms with van der Waals surface area (Å²) in [7, 11) is 0. The maximum atomic E-state index is 2.45. The van der Waals surface area contributed by atoms with Crippen LogP contribution in [0.2, 0.25) is 0 Å². The first-order valence-corrected chi connectivity index (χ1v) is 20.0. The molecule has 2 nitrogen and oxygen atoms in total. The molecule has 58 heavy (non-hydrogen) atoms. The SMILES string of the molecule is c1ccc(-c2ccc3c(c2)c2ccc4ccccc4c2n3-c2ccc(-c3ccc(-n4c5ccc(-c6ccccc6)cc5c5ccc6ccccc6c54)cc3)cc2)cc1. The fourth-order valence-corrected chi connectivity index (χ4v) is 9.32. The van der Waals surface area contributed by atoms with E-state index in [1.807, 2.05) is 0 Å². The van der Waals surface area contributed by atoms with Gasteiger partial charge >= 0.3 is 0 Å². The molecule has 0 aliphatic rings. The summed E-state index contributed by atoms with van der Waals surface area (Å²) >= 11 is 0. The van der Waals surface area contributed by atoms with Gasteiger partial charge in [-0.1, -0.05) is 170 Å². The normalized spacial score (nSPS) is 11.8. The van der Waals surface area contributed by atoms with Crippen molar-refractivity contribution in [1.29, 1.82) is 0 Å². The maximum Gasteiger partial charge on any atom is 0.0619 e. The van der Waals surface area contributed by atoms with Crippen molar-refractivity contribution in [3.8, 4) is 44.8 Å². The third-order valence-electron chi connectivity index (χ3n) is 12.1. The smallest absolute Gasteiger partial charge is 0.0619 e. The molecule has 2 aromatic heterocycles. The third-order valence-corrected chi connectivity index (χ3v) is 12.1. The van der Waals surface area contributed by atoms with Crippen LogP contribution < -0.4 is 0 Å². The van der Waals surface area contributed by atoms with Gasteiger partial charge in [0.15, 0.2) is 0 Å². The van der Waals surface area contributed by atoms with Gasteiger partial charge in [0.2, 0.25) is 0 Å². The van der Waals surface area contributed by atoms with Gasteiger partial charge in [-0.15, -0.1) is 0 Å². The molecule has 0 fully saturated rings. The predicted molar refractivity (Wildman–Crippen MR) is 246 cm³/mol. The summed E-state index contributed by atoms with van der Waals surface area (Å²) in [6.45, 7) is 0. The first kappa shape index (κ1) is 32.6. The van der Waals surface area contributed by atoms with Crippen molar-refractivity contribution in [2.75, 3.05) is 0 Å². The Bertz CT molecular complexity index is 3280. The van der Waals surface area contributed by atoms with E-state index >= 15 is 0 Å². The van der Waals surface area contributed by atoms with Gasteiger partial charge in [0.25, 0.3) is 0 Å². The molecule has 0 atom stereocenters. The summed E-state index contributed by atoms with van der Waals surface area (Å²) in [6.07, 6.45) is 0. The zero-order valence-corrected chi connectivity index (χ0v) is 31.7. The Balaban J connectivity index is 0.969. The lowest BCUT2D eigenvalue weighted by Gasteiger charge is -2.13. The van der Waals surface area contributed by atoms with Crippen LogP contribution in [-0.2, 0) is 0 Å². The van der Waals surface area contributed by atoms with Crippen molar-refractivity contribution in [3.63, 3.8) is 0 Å². The zero-order valence-electron chi connectivity index (χ0n) is 31.7. The standard InChI is InChI=1S/C56H36N2/c1-3-11-37(12-4-1)43-25-33-53-51(35-43)49-31-23-41-15-7-9-17-47(41)55(49)57(53)45-27-19-39(20-28-45)40-21-29-46(30-22-40)58-54-34-26-44(38-13-5-2-6-14-38)36-52(54)50-32-24-42-16-8-10-18-48(42)56(50)58/h1-36H. The maximum absolute atomic E-state index is 2.45. The summed E-state index contributed by atoms with van der Waals surface area (Å²) in [5.74, 6) is 0. The van der Waals surface area contributed by atoms with Crippen LogP contribution in [0.4, 0.5) is 0 Å². The highest BCUT2D eigenvalue weighted by Gasteiger charge is 2.18. The molecule has 0 spiro atoms. The first-order valence-electron chi connectivity index (χ1n) is 20.0. The van der Waals surface area contributed by atoms with E-state index in [0.717, 1.165) is 11.4 Å². The van der Waals surface area contributed by atoms with Gasteiger partial charge in [-0.25, -0.2) is 0 Å². The Morgan fingerprint density at radius 3 is 1.02 bits per heavy atom. The Kier molecular flexibility index (Phi) is 7.26. The van der Waals surface area contributed by atoms with Crippen LogP contribution in [0.3, 0.4) is 0 Å². The topological polar surface area (TPSA) is 9.86 Å². The molecule has 2 heterocycles. The summed E-state index contributed by atoms with van der Waals surface area (Å²) in [6, 6.07) is 79.9. The summed E-state index contributed by atoms with van der Waals surface area (Å²) in [4.78, 5) is 0. The Morgan fingerprint density at radius 1 is 0.224 bits per heavy atom. The van der Waals surface area contributed by atoms with Crippen molar-refractivity contribution in [3.05, 3.63) is 218 Å². The first-order chi connectivity index (χ1) is 28.8. The number of fused-ring (bicyclic) bond motifs is 10. The van der Waals surface area contributed by atoms with Crippen LogP contribution in [-0.4, -0.2) is 9.13 Å². The molecular weight excluding hydrogens is 701 g/mol. The number of rotatable bonds is 5. The molecule has 0 bridgehead atoms. The second kappa shape index (κ2) is 12.9. The largest absolute Gasteiger partial charge is 0.309 e. The molecule has 270 valence electrons. The minimum atomic E-state index is 1.15. The molecule has 0 N–H and O–H groups in total. The average molecular weight is 737 g/mol. The van der Waals surface area contributed by atoms with E-state index in [0.29, 0.717) is 0 Å². The van der Waals surface area contributed by atoms with E-state index < -0.39 is 0 Å². The molecule has 10 aromatic carbocycles. The second-order valence-electron chi connectivity index (χ2n) is 15.3. The number of benzene rings is 10. The van der Waals surface area contributed by atoms with E-state index in [9.17, 15) is 0 Å². The minimum Gasteiger partial charge on any atom is -0.309 e. The Hall–Kier alpha value is -7.68. The van der Waals surface area contributed by atoms with Crippen LogP contribution in [0.15, 0.2) is 218 Å². The van der Waals surface area contributed by atoms with Gasteiger partial charge in [-0.3, -0.25) is 0 Å². The van der Waals surface area contributed by atoms with Crippen molar-refractivity contribution >= 4 is 65.2 Å². The van der Waals surface area contributed by atoms with Crippen molar-refractivity contribution in [1.82, 2.24) is 9.13 Å². The highest BCUT2D eigenvalue weighted by Crippen LogP contribution is 2.41. The molecule has 0 amide bonds. The van der Waals surface area contributed by atoms with Gasteiger partial charge < -0.3 is 9.13 Å². The highest BCUT2D eigenvalue weighted by molar-refractivity contribution is 6.20. The fourth-order valence-electron chi connectivity index (χ4n) is 9.32. The molecule has 0 aliphatic carbocycles. The Morgan fingerprint density at radius 2 is 0.586 bits per heavy atom. The summed E-state index contributed by atoms with van der Waals surface area (Å²) in [5.41, 5.74) is 14.5. The molecule has 0 saturated carbocycles. The van der Waals surface area contributed by atoms with E-state index in [-0.39, 0.29) is 0 Å². The summed E-state index contributed by atoms with van der Waals surface area (Å²) in [5, 5.41) is 10.0. The number of hydrogen-bond acceptors (Lipinski definition) is 0. The van der Waals surface area contributed by atoms with Gasteiger partial charge in [-0.05, 0) is 92.7 Å². The van der Waals surface area contributed by atoms with E-state index in [1.54, 1.807) is 0 Å². The Labute approximate surface area is 336 Å². The zero-order chi connectivity index (χ0) is 38.2. The van der Waals surface area contributed by atoms with Crippen molar-refractivity contribution in [2.45, 2.75) is 0 Å². The van der Waals surface area contributed by atoms with E-state index in [1.165, 1.54) is 98.5 Å². The van der Waals surface area contributed by atoms with Crippen LogP contribution in [0.5, 0.6) is 0 Å². The van der Waals surface area contributed by atoms with Crippen molar-refractivity contribution < 1.29 is 0 Å². The van der Waals surface area contributed by atoms with Gasteiger partial charge in [-0.2, -0.15) is 0 Å². The van der Waals surface area contributed by atoms with Crippen LogP contribution in [0, 0.1) is 0 Å². The number of aromatic nitrogens is 2. The molecule has 12 aromatic rings. The molecule has 12 rings (SSSR count). The number of nitrogens with zero attached hydrogens (tertiary/aromatic N) is 2. The lowest BCUT2D eigenvalue weighted by atomic mass is 10.0. The molecule has 0 unspecified atom stereocenters. The van der Waals surface area contributed by atoms with Gasteiger partial charge in [0.05, 0.1) is 22.1 Å². The predicted octanol–water partition coefficient (Wildman–Crippen LogP) is 15.2. The van der Waals surface area contributed by atoms with Crippen molar-refractivity contribution in [2.24, 2.45) is 0 Å². The minimum absolute atomic E-state index is 1.15. The van der Waals surface area contributed by atoms with Crippen LogP contribution in [0.1, 0.15) is 0 Å². The third kappa shape index (κ3) is 5.05. The lowest BCUT2D eigenvalue weighted by molar-refractivity contribution is 1.18. The van der Waals surface area contributed by atoms with Gasteiger partial charge in [0.1, 0.15) is 0 Å².